The van der Waals surface area contributed by atoms with Gasteiger partial charge in [0.05, 0.1) is 19.2 Å². The minimum absolute atomic E-state index is 0.200. The second-order valence-corrected chi connectivity index (χ2v) is 4.73. The van der Waals surface area contributed by atoms with E-state index in [0.717, 1.165) is 18.7 Å². The van der Waals surface area contributed by atoms with Crippen LogP contribution in [0, 0.1) is 5.82 Å². The van der Waals surface area contributed by atoms with Crippen molar-refractivity contribution in [3.63, 3.8) is 0 Å². The molecule has 21 heavy (non-hydrogen) atoms. The topological polar surface area (TPSA) is 43.3 Å². The number of benzene rings is 1. The van der Waals surface area contributed by atoms with Crippen molar-refractivity contribution in [2.75, 3.05) is 12.4 Å². The summed E-state index contributed by atoms with van der Waals surface area (Å²) >= 11 is 0. The molecule has 2 aromatic rings. The smallest absolute Gasteiger partial charge is 0.340 e. The van der Waals surface area contributed by atoms with E-state index in [1.807, 2.05) is 18.3 Å². The molecule has 0 atom stereocenters. The maximum absolute atomic E-state index is 13.3. The normalized spacial score (nSPS) is 10.4. The molecule has 1 N–H and O–H groups in total. The van der Waals surface area contributed by atoms with E-state index in [-0.39, 0.29) is 5.56 Å². The molecule has 0 unspecified atom stereocenters. The van der Waals surface area contributed by atoms with Crippen molar-refractivity contribution in [1.29, 1.82) is 0 Å². The van der Waals surface area contributed by atoms with Crippen LogP contribution in [0.25, 0.3) is 0 Å². The molecule has 0 aliphatic heterocycles. The van der Waals surface area contributed by atoms with Gasteiger partial charge >= 0.3 is 5.97 Å². The summed E-state index contributed by atoms with van der Waals surface area (Å²) < 4.78 is 20.1. The molecule has 1 heterocycles. The van der Waals surface area contributed by atoms with Crippen LogP contribution in [0.1, 0.15) is 29.4 Å². The summed E-state index contributed by atoms with van der Waals surface area (Å²) in [6.07, 6.45) is 3.07. The fourth-order valence-corrected chi connectivity index (χ4v) is 2.20. The Labute approximate surface area is 123 Å². The zero-order valence-corrected chi connectivity index (χ0v) is 12.2. The van der Waals surface area contributed by atoms with Gasteiger partial charge < -0.3 is 14.6 Å². The summed E-state index contributed by atoms with van der Waals surface area (Å²) in [5.74, 6) is -1.02. The first-order valence-electron chi connectivity index (χ1n) is 6.91. The third kappa shape index (κ3) is 3.62. The fraction of sp³-hybridized carbons (Fsp3) is 0.312. The lowest BCUT2D eigenvalue weighted by atomic mass is 10.1. The quantitative estimate of drug-likeness (QED) is 0.829. The molecule has 0 aliphatic rings. The van der Waals surface area contributed by atoms with Crippen molar-refractivity contribution in [3.05, 3.63) is 53.6 Å². The van der Waals surface area contributed by atoms with Gasteiger partial charge in [0, 0.05) is 24.1 Å². The largest absolute Gasteiger partial charge is 0.465 e. The summed E-state index contributed by atoms with van der Waals surface area (Å²) in [4.78, 5) is 11.7. The van der Waals surface area contributed by atoms with Gasteiger partial charge in [-0.15, -0.1) is 0 Å². The summed E-state index contributed by atoms with van der Waals surface area (Å²) in [5.41, 5.74) is 1.87. The molecule has 0 bridgehead atoms. The van der Waals surface area contributed by atoms with E-state index >= 15 is 0 Å². The Kier molecular flexibility index (Phi) is 4.98. The molecule has 0 saturated heterocycles. The van der Waals surface area contributed by atoms with Crippen LogP contribution in [-0.2, 0) is 17.8 Å². The first-order chi connectivity index (χ1) is 10.2. The Bertz CT molecular complexity index is 622. The van der Waals surface area contributed by atoms with E-state index < -0.39 is 11.8 Å². The van der Waals surface area contributed by atoms with Gasteiger partial charge in [0.1, 0.15) is 5.82 Å². The van der Waals surface area contributed by atoms with Crippen molar-refractivity contribution in [2.24, 2.45) is 0 Å². The number of carbonyl (C=O) groups excluding carboxylic acids is 1. The summed E-state index contributed by atoms with van der Waals surface area (Å²) in [6.45, 7) is 3.62. The average molecular weight is 290 g/mol. The highest BCUT2D eigenvalue weighted by Crippen LogP contribution is 2.19. The molecule has 1 aromatic heterocycles. The first-order valence-corrected chi connectivity index (χ1v) is 6.91. The monoisotopic (exact) mass is 290 g/mol. The molecule has 0 amide bonds. The third-order valence-corrected chi connectivity index (χ3v) is 3.23. The van der Waals surface area contributed by atoms with Crippen molar-refractivity contribution in [2.45, 2.75) is 26.4 Å². The first kappa shape index (κ1) is 15.1. The van der Waals surface area contributed by atoms with E-state index in [0.29, 0.717) is 12.2 Å². The standard InChI is InChI=1S/C16H19FN2O2/c1-3-8-19-9-4-5-13(19)11-18-15-7-6-12(17)10-14(15)16(20)21-2/h4-7,9-10,18H,3,8,11H2,1-2H3. The lowest BCUT2D eigenvalue weighted by molar-refractivity contribution is 0.0601. The Morgan fingerprint density at radius 1 is 1.38 bits per heavy atom. The summed E-state index contributed by atoms with van der Waals surface area (Å²) in [5, 5.41) is 3.17. The van der Waals surface area contributed by atoms with Gasteiger partial charge in [-0.25, -0.2) is 9.18 Å². The van der Waals surface area contributed by atoms with E-state index in [1.165, 1.54) is 19.2 Å². The predicted octanol–water partition coefficient (Wildman–Crippen LogP) is 3.44. The van der Waals surface area contributed by atoms with Gasteiger partial charge in [0.15, 0.2) is 0 Å². The van der Waals surface area contributed by atoms with Gasteiger partial charge in [-0.1, -0.05) is 6.92 Å². The van der Waals surface area contributed by atoms with Gasteiger partial charge in [0.2, 0.25) is 0 Å². The predicted molar refractivity (Wildman–Crippen MR) is 79.8 cm³/mol. The number of anilines is 1. The lowest BCUT2D eigenvalue weighted by Gasteiger charge is -2.13. The molecular formula is C16H19FN2O2. The highest BCUT2D eigenvalue weighted by molar-refractivity contribution is 5.95. The molecule has 0 aliphatic carbocycles. The van der Waals surface area contributed by atoms with Gasteiger partial charge in [-0.2, -0.15) is 0 Å². The minimum atomic E-state index is -0.555. The van der Waals surface area contributed by atoms with Crippen LogP contribution in [0.3, 0.4) is 0 Å². The van der Waals surface area contributed by atoms with Gasteiger partial charge in [0.25, 0.3) is 0 Å². The summed E-state index contributed by atoms with van der Waals surface area (Å²) in [6, 6.07) is 8.05. The number of rotatable bonds is 6. The SMILES string of the molecule is CCCn1cccc1CNc1ccc(F)cc1C(=O)OC. The van der Waals surface area contributed by atoms with Crippen LogP contribution >= 0.6 is 0 Å². The maximum atomic E-state index is 13.3. The number of nitrogens with one attached hydrogen (secondary N) is 1. The number of esters is 1. The van der Waals surface area contributed by atoms with Crippen LogP contribution in [0.4, 0.5) is 10.1 Å². The average Bonchev–Trinajstić information content (AvgIpc) is 2.93. The second kappa shape index (κ2) is 6.92. The highest BCUT2D eigenvalue weighted by atomic mass is 19.1. The molecule has 0 spiro atoms. The molecule has 2 rings (SSSR count). The number of aromatic nitrogens is 1. The number of ether oxygens (including phenoxy) is 1. The molecule has 112 valence electrons. The van der Waals surface area contributed by atoms with Crippen LogP contribution in [0.2, 0.25) is 0 Å². The number of aryl methyl sites for hydroxylation is 1. The molecule has 0 saturated carbocycles. The Morgan fingerprint density at radius 3 is 2.90 bits per heavy atom. The van der Waals surface area contributed by atoms with Crippen LogP contribution < -0.4 is 5.32 Å². The second-order valence-electron chi connectivity index (χ2n) is 4.73. The molecule has 4 nitrogen and oxygen atoms in total. The van der Waals surface area contributed by atoms with E-state index in [2.05, 4.69) is 21.5 Å². The molecule has 0 fully saturated rings. The number of hydrogen-bond donors (Lipinski definition) is 1. The van der Waals surface area contributed by atoms with E-state index in [4.69, 9.17) is 0 Å². The molecule has 1 aromatic carbocycles. The number of carbonyl (C=O) groups is 1. The Balaban J connectivity index is 2.16. The summed E-state index contributed by atoms with van der Waals surface area (Å²) in [7, 11) is 1.28. The zero-order valence-electron chi connectivity index (χ0n) is 12.2. The van der Waals surface area contributed by atoms with Gasteiger partial charge in [-0.05, 0) is 36.8 Å². The number of hydrogen-bond acceptors (Lipinski definition) is 3. The van der Waals surface area contributed by atoms with E-state index in [1.54, 1.807) is 6.07 Å². The Hall–Kier alpha value is -2.30. The van der Waals surface area contributed by atoms with Crippen molar-refractivity contribution in [3.8, 4) is 0 Å². The number of halogens is 1. The molecular weight excluding hydrogens is 271 g/mol. The lowest BCUT2D eigenvalue weighted by Crippen LogP contribution is -2.11. The van der Waals surface area contributed by atoms with Gasteiger partial charge in [-0.3, -0.25) is 0 Å². The molecule has 5 heteroatoms. The van der Waals surface area contributed by atoms with Crippen LogP contribution in [-0.4, -0.2) is 17.6 Å². The third-order valence-electron chi connectivity index (χ3n) is 3.23. The van der Waals surface area contributed by atoms with E-state index in [9.17, 15) is 9.18 Å². The highest BCUT2D eigenvalue weighted by Gasteiger charge is 2.13. The molecule has 0 radical (unpaired) electrons. The van der Waals surface area contributed by atoms with Crippen molar-refractivity contribution < 1.29 is 13.9 Å². The zero-order chi connectivity index (χ0) is 15.2. The van der Waals surface area contributed by atoms with Crippen LogP contribution in [0.5, 0.6) is 0 Å². The maximum Gasteiger partial charge on any atom is 0.340 e. The van der Waals surface area contributed by atoms with Crippen LogP contribution in [0.15, 0.2) is 36.5 Å². The Morgan fingerprint density at radius 2 is 2.19 bits per heavy atom. The minimum Gasteiger partial charge on any atom is -0.465 e. The number of methoxy groups -OCH3 is 1. The van der Waals surface area contributed by atoms with Crippen molar-refractivity contribution in [1.82, 2.24) is 4.57 Å². The number of nitrogens with zero attached hydrogens (tertiary/aromatic N) is 1. The fourth-order valence-electron chi connectivity index (χ4n) is 2.20. The van der Waals surface area contributed by atoms with Crippen molar-refractivity contribution >= 4 is 11.7 Å².